The van der Waals surface area contributed by atoms with Gasteiger partial charge in [-0.2, -0.15) is 0 Å². The lowest BCUT2D eigenvalue weighted by Crippen LogP contribution is -2.31. The van der Waals surface area contributed by atoms with E-state index in [-0.39, 0.29) is 0 Å². The van der Waals surface area contributed by atoms with Crippen LogP contribution in [0.2, 0.25) is 0 Å². The van der Waals surface area contributed by atoms with Gasteiger partial charge in [-0.05, 0) is 48.9 Å². The number of alkyl halides is 1. The van der Waals surface area contributed by atoms with Crippen LogP contribution in [0.25, 0.3) is 0 Å². The summed E-state index contributed by atoms with van der Waals surface area (Å²) in [6.07, 6.45) is 5.33. The Hall–Kier alpha value is -0.730. The molecule has 2 atom stereocenters. The summed E-state index contributed by atoms with van der Waals surface area (Å²) in [5, 5.41) is 3.57. The van der Waals surface area contributed by atoms with E-state index >= 15 is 0 Å². The van der Waals surface area contributed by atoms with E-state index in [0.29, 0.717) is 5.92 Å². The first-order chi connectivity index (χ1) is 9.33. The maximum Gasteiger partial charge on any atom is 0.119 e. The summed E-state index contributed by atoms with van der Waals surface area (Å²) >= 11 is 6.07. The summed E-state index contributed by atoms with van der Waals surface area (Å²) in [7, 11) is 1.71. The van der Waals surface area contributed by atoms with Crippen molar-refractivity contribution in [3.05, 3.63) is 29.8 Å². The van der Waals surface area contributed by atoms with Crippen molar-refractivity contribution in [3.8, 4) is 5.75 Å². The van der Waals surface area contributed by atoms with Crippen LogP contribution in [-0.2, 0) is 6.54 Å². The maximum absolute atomic E-state index is 6.07. The molecule has 1 aromatic carbocycles. The van der Waals surface area contributed by atoms with E-state index in [2.05, 4.69) is 17.4 Å². The molecule has 0 heterocycles. The fraction of sp³-hybridized carbons (Fsp3) is 0.625. The van der Waals surface area contributed by atoms with Gasteiger partial charge >= 0.3 is 0 Å². The van der Waals surface area contributed by atoms with Crippen molar-refractivity contribution < 1.29 is 4.74 Å². The molecule has 1 saturated carbocycles. The minimum absolute atomic E-state index is 0.702. The van der Waals surface area contributed by atoms with Crippen LogP contribution in [0.4, 0.5) is 0 Å². The molecule has 0 amide bonds. The summed E-state index contributed by atoms with van der Waals surface area (Å²) in [6.45, 7) is 1.98. The van der Waals surface area contributed by atoms with Gasteiger partial charge in [0, 0.05) is 12.4 Å². The fourth-order valence-corrected chi connectivity index (χ4v) is 3.35. The van der Waals surface area contributed by atoms with Gasteiger partial charge in [-0.1, -0.05) is 25.0 Å². The molecule has 0 spiro atoms. The predicted molar refractivity (Wildman–Crippen MR) is 80.9 cm³/mol. The van der Waals surface area contributed by atoms with E-state index in [0.717, 1.165) is 30.6 Å². The molecule has 1 N–H and O–H groups in total. The molecule has 0 aromatic heterocycles. The van der Waals surface area contributed by atoms with Crippen LogP contribution in [0.3, 0.4) is 0 Å². The van der Waals surface area contributed by atoms with Crippen molar-refractivity contribution in [2.24, 2.45) is 11.8 Å². The van der Waals surface area contributed by atoms with E-state index in [1.165, 1.54) is 31.2 Å². The lowest BCUT2D eigenvalue weighted by Gasteiger charge is -2.30. The Morgan fingerprint density at radius 2 is 2.05 bits per heavy atom. The Morgan fingerprint density at radius 1 is 1.26 bits per heavy atom. The Morgan fingerprint density at radius 3 is 2.79 bits per heavy atom. The van der Waals surface area contributed by atoms with Gasteiger partial charge in [0.05, 0.1) is 7.11 Å². The highest BCUT2D eigenvalue weighted by Gasteiger charge is 2.23. The Kier molecular flexibility index (Phi) is 5.99. The van der Waals surface area contributed by atoms with E-state index in [1.807, 2.05) is 12.1 Å². The second-order valence-electron chi connectivity index (χ2n) is 5.44. The summed E-state index contributed by atoms with van der Waals surface area (Å²) in [6, 6.07) is 8.24. The van der Waals surface area contributed by atoms with Crippen LogP contribution in [0, 0.1) is 11.8 Å². The van der Waals surface area contributed by atoms with Gasteiger partial charge < -0.3 is 10.1 Å². The first kappa shape index (κ1) is 14.7. The average molecular weight is 282 g/mol. The van der Waals surface area contributed by atoms with Crippen molar-refractivity contribution >= 4 is 11.6 Å². The number of hydrogen-bond donors (Lipinski definition) is 1. The Bertz CT molecular complexity index is 383. The first-order valence-electron chi connectivity index (χ1n) is 7.23. The third-order valence-electron chi connectivity index (χ3n) is 4.13. The first-order valence-corrected chi connectivity index (χ1v) is 7.76. The molecule has 3 heteroatoms. The van der Waals surface area contributed by atoms with Crippen LogP contribution in [0.15, 0.2) is 24.3 Å². The van der Waals surface area contributed by atoms with Crippen molar-refractivity contribution in [1.82, 2.24) is 5.32 Å². The topological polar surface area (TPSA) is 21.3 Å². The molecule has 0 radical (unpaired) electrons. The van der Waals surface area contributed by atoms with Gasteiger partial charge in [-0.15, -0.1) is 11.6 Å². The van der Waals surface area contributed by atoms with Gasteiger partial charge in [0.1, 0.15) is 5.75 Å². The summed E-state index contributed by atoms with van der Waals surface area (Å²) in [5.41, 5.74) is 1.28. The van der Waals surface area contributed by atoms with Crippen molar-refractivity contribution in [2.75, 3.05) is 19.5 Å². The normalized spacial score (nSPS) is 23.3. The molecular weight excluding hydrogens is 258 g/mol. The molecule has 0 aliphatic heterocycles. The molecule has 106 valence electrons. The molecule has 19 heavy (non-hydrogen) atoms. The molecular formula is C16H24ClNO. The monoisotopic (exact) mass is 281 g/mol. The third-order valence-corrected chi connectivity index (χ3v) is 4.53. The van der Waals surface area contributed by atoms with Crippen molar-refractivity contribution in [3.63, 3.8) is 0 Å². The predicted octanol–water partition coefficient (Wildman–Crippen LogP) is 3.83. The average Bonchev–Trinajstić information content (AvgIpc) is 2.48. The Labute approximate surface area is 121 Å². The number of rotatable bonds is 6. The fourth-order valence-electron chi connectivity index (χ4n) is 2.94. The van der Waals surface area contributed by atoms with Crippen LogP contribution < -0.4 is 10.1 Å². The number of ether oxygens (including phenoxy) is 1. The lowest BCUT2D eigenvalue weighted by molar-refractivity contribution is 0.250. The molecule has 2 rings (SSSR count). The van der Waals surface area contributed by atoms with Crippen LogP contribution in [0.1, 0.15) is 31.2 Å². The molecule has 2 nitrogen and oxygen atoms in total. The van der Waals surface area contributed by atoms with E-state index in [1.54, 1.807) is 7.11 Å². The quantitative estimate of drug-likeness (QED) is 0.800. The minimum atomic E-state index is 0.702. The maximum atomic E-state index is 6.07. The summed E-state index contributed by atoms with van der Waals surface area (Å²) in [5.74, 6) is 3.19. The number of halogens is 1. The van der Waals surface area contributed by atoms with E-state index in [4.69, 9.17) is 16.3 Å². The number of hydrogen-bond acceptors (Lipinski definition) is 2. The highest BCUT2D eigenvalue weighted by Crippen LogP contribution is 2.30. The molecule has 1 fully saturated rings. The van der Waals surface area contributed by atoms with Crippen LogP contribution >= 0.6 is 11.6 Å². The molecule has 2 unspecified atom stereocenters. The number of nitrogens with one attached hydrogen (secondary N) is 1. The largest absolute Gasteiger partial charge is 0.497 e. The third kappa shape index (κ3) is 4.39. The van der Waals surface area contributed by atoms with Gasteiger partial charge in [0.25, 0.3) is 0 Å². The van der Waals surface area contributed by atoms with Gasteiger partial charge in [0.15, 0.2) is 0 Å². The smallest absolute Gasteiger partial charge is 0.119 e. The highest BCUT2D eigenvalue weighted by atomic mass is 35.5. The molecule has 1 aromatic rings. The molecule has 1 aliphatic carbocycles. The number of benzene rings is 1. The van der Waals surface area contributed by atoms with Crippen LogP contribution in [0.5, 0.6) is 5.75 Å². The minimum Gasteiger partial charge on any atom is -0.497 e. The van der Waals surface area contributed by atoms with E-state index in [9.17, 15) is 0 Å². The lowest BCUT2D eigenvalue weighted by atomic mass is 9.80. The zero-order valence-corrected chi connectivity index (χ0v) is 12.5. The molecule has 0 saturated heterocycles. The van der Waals surface area contributed by atoms with Gasteiger partial charge in [-0.3, -0.25) is 0 Å². The van der Waals surface area contributed by atoms with E-state index < -0.39 is 0 Å². The SMILES string of the molecule is COc1cccc(CNCC2CCCCC2CCl)c1. The summed E-state index contributed by atoms with van der Waals surface area (Å²) < 4.78 is 5.24. The second-order valence-corrected chi connectivity index (χ2v) is 5.75. The summed E-state index contributed by atoms with van der Waals surface area (Å²) in [4.78, 5) is 0. The molecule has 0 bridgehead atoms. The standard InChI is InChI=1S/C16H24ClNO/c1-19-16-8-4-5-13(9-16)11-18-12-15-7-3-2-6-14(15)10-17/h4-5,8-9,14-15,18H,2-3,6-7,10-12H2,1H3. The zero-order chi connectivity index (χ0) is 13.5. The second kappa shape index (κ2) is 7.76. The Balaban J connectivity index is 1.78. The van der Waals surface area contributed by atoms with Crippen molar-refractivity contribution in [1.29, 1.82) is 0 Å². The number of methoxy groups -OCH3 is 1. The van der Waals surface area contributed by atoms with Crippen LogP contribution in [-0.4, -0.2) is 19.5 Å². The van der Waals surface area contributed by atoms with Gasteiger partial charge in [-0.25, -0.2) is 0 Å². The van der Waals surface area contributed by atoms with Crippen molar-refractivity contribution in [2.45, 2.75) is 32.2 Å². The zero-order valence-electron chi connectivity index (χ0n) is 11.7. The molecule has 1 aliphatic rings. The van der Waals surface area contributed by atoms with Gasteiger partial charge in [0.2, 0.25) is 0 Å². The highest BCUT2D eigenvalue weighted by molar-refractivity contribution is 6.18.